The van der Waals surface area contributed by atoms with Crippen LogP contribution < -0.4 is 15.2 Å². The molecule has 4 nitrogen and oxygen atoms in total. The van der Waals surface area contributed by atoms with Crippen molar-refractivity contribution in [1.29, 1.82) is 0 Å². The lowest BCUT2D eigenvalue weighted by molar-refractivity contribution is 0.145. The van der Waals surface area contributed by atoms with Gasteiger partial charge in [-0.3, -0.25) is 0 Å². The first-order valence-electron chi connectivity index (χ1n) is 6.84. The van der Waals surface area contributed by atoms with Crippen LogP contribution >= 0.6 is 12.4 Å². The fourth-order valence-electron chi connectivity index (χ4n) is 2.23. The van der Waals surface area contributed by atoms with E-state index in [1.165, 1.54) is 0 Å². The maximum Gasteiger partial charge on any atom is 0.122 e. The number of hydrogen-bond acceptors (Lipinski definition) is 4. The molecule has 0 amide bonds. The molecule has 0 aliphatic heterocycles. The van der Waals surface area contributed by atoms with Crippen LogP contribution in [0.4, 0.5) is 0 Å². The van der Waals surface area contributed by atoms with Crippen molar-refractivity contribution in [2.45, 2.75) is 18.6 Å². The van der Waals surface area contributed by atoms with Crippen molar-refractivity contribution in [2.75, 3.05) is 14.2 Å². The lowest BCUT2D eigenvalue weighted by Gasteiger charge is -2.20. The van der Waals surface area contributed by atoms with Crippen LogP contribution in [0.15, 0.2) is 48.5 Å². The van der Waals surface area contributed by atoms with Gasteiger partial charge in [-0.05, 0) is 23.3 Å². The highest BCUT2D eigenvalue weighted by atomic mass is 35.5. The van der Waals surface area contributed by atoms with Crippen LogP contribution in [0.25, 0.3) is 0 Å². The molecule has 0 saturated carbocycles. The summed E-state index contributed by atoms with van der Waals surface area (Å²) in [5.74, 6) is 1.32. The number of ether oxygens (including phenoxy) is 2. The third kappa shape index (κ3) is 4.63. The molecule has 5 heteroatoms. The molecule has 120 valence electrons. The fourth-order valence-corrected chi connectivity index (χ4v) is 2.23. The summed E-state index contributed by atoms with van der Waals surface area (Å²) in [6, 6.07) is 14.7. The SMILES string of the molecule is COc1cc(OC)cc([C@@H](N)[C@@H](O)Cc2ccccc2)c1.Cl. The number of nitrogens with two attached hydrogens (primary N) is 1. The van der Waals surface area contributed by atoms with Gasteiger partial charge >= 0.3 is 0 Å². The Kier molecular flexibility index (Phi) is 7.18. The van der Waals surface area contributed by atoms with Gasteiger partial charge in [0.1, 0.15) is 11.5 Å². The van der Waals surface area contributed by atoms with Crippen LogP contribution in [0.1, 0.15) is 17.2 Å². The van der Waals surface area contributed by atoms with Gasteiger partial charge in [0.05, 0.1) is 26.4 Å². The summed E-state index contributed by atoms with van der Waals surface area (Å²) < 4.78 is 10.5. The van der Waals surface area contributed by atoms with Gasteiger partial charge in [0, 0.05) is 12.5 Å². The monoisotopic (exact) mass is 323 g/mol. The van der Waals surface area contributed by atoms with E-state index < -0.39 is 12.1 Å². The zero-order chi connectivity index (χ0) is 15.2. The van der Waals surface area contributed by atoms with Gasteiger partial charge in [-0.25, -0.2) is 0 Å². The lowest BCUT2D eigenvalue weighted by atomic mass is 9.96. The van der Waals surface area contributed by atoms with E-state index in [2.05, 4.69) is 0 Å². The summed E-state index contributed by atoms with van der Waals surface area (Å²) in [6.07, 6.45) is -0.175. The summed E-state index contributed by atoms with van der Waals surface area (Å²) >= 11 is 0. The number of halogens is 1. The Labute approximate surface area is 137 Å². The van der Waals surface area contributed by atoms with Gasteiger partial charge in [0.15, 0.2) is 0 Å². The number of aliphatic hydroxyl groups is 1. The quantitative estimate of drug-likeness (QED) is 0.858. The highest BCUT2D eigenvalue weighted by Crippen LogP contribution is 2.27. The van der Waals surface area contributed by atoms with Crippen molar-refractivity contribution < 1.29 is 14.6 Å². The molecular formula is C17H22ClNO3. The molecule has 3 N–H and O–H groups in total. The van der Waals surface area contributed by atoms with Crippen LogP contribution in [0.2, 0.25) is 0 Å². The molecule has 0 aliphatic rings. The average Bonchev–Trinajstić information content (AvgIpc) is 2.54. The summed E-state index contributed by atoms with van der Waals surface area (Å²) in [5.41, 5.74) is 8.01. The molecule has 2 rings (SSSR count). The van der Waals surface area contributed by atoms with Crippen LogP contribution in [0, 0.1) is 0 Å². The molecule has 22 heavy (non-hydrogen) atoms. The van der Waals surface area contributed by atoms with E-state index in [0.717, 1.165) is 11.1 Å². The standard InChI is InChI=1S/C17H21NO3.ClH/c1-20-14-9-13(10-15(11-14)21-2)17(18)16(19)8-12-6-4-3-5-7-12;/h3-7,9-11,16-17,19H,8,18H2,1-2H3;1H/t16-,17+;/m0./s1. The number of hydrogen-bond donors (Lipinski definition) is 2. The summed E-state index contributed by atoms with van der Waals surface area (Å²) in [6.45, 7) is 0. The Morgan fingerprint density at radius 2 is 1.55 bits per heavy atom. The number of rotatable bonds is 6. The van der Waals surface area contributed by atoms with Crippen molar-refractivity contribution in [1.82, 2.24) is 0 Å². The number of aliphatic hydroxyl groups excluding tert-OH is 1. The predicted molar refractivity (Wildman–Crippen MR) is 89.9 cm³/mol. The largest absolute Gasteiger partial charge is 0.497 e. The Balaban J connectivity index is 0.00000242. The predicted octanol–water partition coefficient (Wildman–Crippen LogP) is 2.73. The van der Waals surface area contributed by atoms with Gasteiger partial charge < -0.3 is 20.3 Å². The van der Waals surface area contributed by atoms with Crippen LogP contribution in [-0.4, -0.2) is 25.4 Å². The maximum absolute atomic E-state index is 10.3. The summed E-state index contributed by atoms with van der Waals surface area (Å²) in [4.78, 5) is 0. The van der Waals surface area contributed by atoms with E-state index in [0.29, 0.717) is 17.9 Å². The second kappa shape index (κ2) is 8.63. The Morgan fingerprint density at radius 3 is 2.05 bits per heavy atom. The van der Waals surface area contributed by atoms with Gasteiger partial charge in [-0.1, -0.05) is 30.3 Å². The summed E-state index contributed by atoms with van der Waals surface area (Å²) in [7, 11) is 3.18. The molecule has 2 atom stereocenters. The van der Waals surface area contributed by atoms with Crippen molar-refractivity contribution in [3.8, 4) is 11.5 Å². The molecule has 0 fully saturated rings. The molecule has 0 radical (unpaired) electrons. The van der Waals surface area contributed by atoms with E-state index >= 15 is 0 Å². The zero-order valence-corrected chi connectivity index (χ0v) is 13.5. The van der Waals surface area contributed by atoms with Crippen molar-refractivity contribution in [3.63, 3.8) is 0 Å². The molecule has 0 aromatic heterocycles. The second-order valence-corrected chi connectivity index (χ2v) is 4.93. The van der Waals surface area contributed by atoms with E-state index in [4.69, 9.17) is 15.2 Å². The van der Waals surface area contributed by atoms with Crippen LogP contribution in [0.3, 0.4) is 0 Å². The van der Waals surface area contributed by atoms with E-state index in [1.54, 1.807) is 20.3 Å². The minimum Gasteiger partial charge on any atom is -0.497 e. The number of methoxy groups -OCH3 is 2. The molecule has 0 heterocycles. The van der Waals surface area contributed by atoms with Gasteiger partial charge in [0.2, 0.25) is 0 Å². The molecule has 0 aliphatic carbocycles. The minimum absolute atomic E-state index is 0. The minimum atomic E-state index is -0.677. The maximum atomic E-state index is 10.3. The molecule has 0 saturated heterocycles. The Hall–Kier alpha value is -1.75. The molecule has 0 spiro atoms. The first kappa shape index (κ1) is 18.3. The third-order valence-electron chi connectivity index (χ3n) is 3.46. The smallest absolute Gasteiger partial charge is 0.122 e. The summed E-state index contributed by atoms with van der Waals surface area (Å²) in [5, 5.41) is 10.3. The van der Waals surface area contributed by atoms with Crippen LogP contribution in [0.5, 0.6) is 11.5 Å². The normalized spacial score (nSPS) is 12.9. The van der Waals surface area contributed by atoms with Gasteiger partial charge in [0.25, 0.3) is 0 Å². The van der Waals surface area contributed by atoms with Crippen molar-refractivity contribution >= 4 is 12.4 Å². The average molecular weight is 324 g/mol. The zero-order valence-electron chi connectivity index (χ0n) is 12.7. The lowest BCUT2D eigenvalue weighted by Crippen LogP contribution is -2.28. The molecule has 2 aromatic rings. The topological polar surface area (TPSA) is 64.7 Å². The van der Waals surface area contributed by atoms with E-state index in [1.807, 2.05) is 42.5 Å². The molecule has 0 unspecified atom stereocenters. The van der Waals surface area contributed by atoms with E-state index in [9.17, 15) is 5.11 Å². The Morgan fingerprint density at radius 1 is 1.00 bits per heavy atom. The molecular weight excluding hydrogens is 302 g/mol. The first-order valence-corrected chi connectivity index (χ1v) is 6.84. The third-order valence-corrected chi connectivity index (χ3v) is 3.46. The highest BCUT2D eigenvalue weighted by Gasteiger charge is 2.19. The molecule has 2 aromatic carbocycles. The van der Waals surface area contributed by atoms with Gasteiger partial charge in [-0.2, -0.15) is 0 Å². The van der Waals surface area contributed by atoms with Crippen LogP contribution in [-0.2, 0) is 6.42 Å². The van der Waals surface area contributed by atoms with Crippen molar-refractivity contribution in [2.24, 2.45) is 5.73 Å². The fraction of sp³-hybridized carbons (Fsp3) is 0.294. The second-order valence-electron chi connectivity index (χ2n) is 4.93. The number of benzene rings is 2. The highest BCUT2D eigenvalue weighted by molar-refractivity contribution is 5.85. The Bertz CT molecular complexity index is 555. The van der Waals surface area contributed by atoms with E-state index in [-0.39, 0.29) is 12.4 Å². The van der Waals surface area contributed by atoms with Gasteiger partial charge in [-0.15, -0.1) is 12.4 Å². The van der Waals surface area contributed by atoms with Crippen molar-refractivity contribution in [3.05, 3.63) is 59.7 Å². The molecule has 0 bridgehead atoms. The first-order chi connectivity index (χ1) is 10.1.